The Morgan fingerprint density at radius 2 is 1.82 bits per heavy atom. The number of nitrogens with zero attached hydrogens (tertiary/aromatic N) is 4. The van der Waals surface area contributed by atoms with Gasteiger partial charge in [-0.05, 0) is 51.2 Å². The molecule has 13 heteroatoms. The molecule has 4 rings (SSSR count). The predicted molar refractivity (Wildman–Crippen MR) is 137 cm³/mol. The first-order chi connectivity index (χ1) is 18.0. The molecular weight excluding hydrogens is 517 g/mol. The molecule has 1 amide bonds. The van der Waals surface area contributed by atoms with Crippen molar-refractivity contribution in [3.05, 3.63) is 65.1 Å². The Hall–Kier alpha value is -3.81. The molecule has 0 unspecified atom stereocenters. The Bertz CT molecular complexity index is 1480. The van der Waals surface area contributed by atoms with Gasteiger partial charge in [0.15, 0.2) is 5.69 Å². The summed E-state index contributed by atoms with van der Waals surface area (Å²) in [6, 6.07) is 9.49. The second-order valence-corrected chi connectivity index (χ2v) is 10.7. The summed E-state index contributed by atoms with van der Waals surface area (Å²) in [7, 11) is -2.20. The lowest BCUT2D eigenvalue weighted by atomic mass is 10.2. The second kappa shape index (κ2) is 10.9. The maximum absolute atomic E-state index is 14.1. The number of rotatable bonds is 8. The number of carbonyl (C=O) groups is 2. The molecule has 0 atom stereocenters. The minimum absolute atomic E-state index is 0.0672. The van der Waals surface area contributed by atoms with Crippen LogP contribution in [0, 0.1) is 12.7 Å². The molecule has 0 radical (unpaired) electrons. The summed E-state index contributed by atoms with van der Waals surface area (Å²) < 4.78 is 50.3. The fourth-order valence-corrected chi connectivity index (χ4v) is 5.63. The highest BCUT2D eigenvalue weighted by atomic mass is 32.2. The van der Waals surface area contributed by atoms with Gasteiger partial charge in [0.05, 0.1) is 5.56 Å². The van der Waals surface area contributed by atoms with Crippen molar-refractivity contribution >= 4 is 27.6 Å². The molecule has 1 aliphatic rings. The molecule has 3 aromatic rings. The third-order valence-corrected chi connectivity index (χ3v) is 8.16. The minimum Gasteiger partial charge on any atom is -0.476 e. The highest BCUT2D eigenvalue weighted by Gasteiger charge is 2.32. The number of aryl methyl sites for hydroxylation is 1. The summed E-state index contributed by atoms with van der Waals surface area (Å²) in [4.78, 5) is 26.1. The van der Waals surface area contributed by atoms with Crippen LogP contribution in [0.25, 0.3) is 0 Å². The third kappa shape index (κ3) is 5.39. The fourth-order valence-electron chi connectivity index (χ4n) is 4.07. The number of likely N-dealkylation sites (N-methyl/N-ethyl adjacent to an activating group) is 1. The SMILES string of the molecule is CCn1nc(C(=O)O)c(C)c1Oc1ccc(NC(=O)c2ccccc2F)cc1S(=O)(=O)N1CCN(C)CC1. The Kier molecular flexibility index (Phi) is 7.81. The van der Waals surface area contributed by atoms with Crippen LogP contribution in [0.5, 0.6) is 11.6 Å². The molecular formula is C25H28FN5O6S. The molecule has 202 valence electrons. The number of sulfonamides is 1. The van der Waals surface area contributed by atoms with Crippen LogP contribution < -0.4 is 10.1 Å². The largest absolute Gasteiger partial charge is 0.476 e. The summed E-state index contributed by atoms with van der Waals surface area (Å²) in [6.45, 7) is 5.11. The topological polar surface area (TPSA) is 134 Å². The highest BCUT2D eigenvalue weighted by Crippen LogP contribution is 2.36. The lowest BCUT2D eigenvalue weighted by molar-refractivity contribution is 0.0688. The number of amides is 1. The van der Waals surface area contributed by atoms with E-state index in [1.54, 1.807) is 6.92 Å². The van der Waals surface area contributed by atoms with Gasteiger partial charge in [-0.3, -0.25) is 4.79 Å². The van der Waals surface area contributed by atoms with Crippen molar-refractivity contribution in [1.29, 1.82) is 0 Å². The summed E-state index contributed by atoms with van der Waals surface area (Å²) in [5, 5.41) is 16.1. The number of hydrogen-bond acceptors (Lipinski definition) is 7. The van der Waals surface area contributed by atoms with Gasteiger partial charge >= 0.3 is 5.97 Å². The average Bonchev–Trinajstić information content (AvgIpc) is 3.20. The molecule has 38 heavy (non-hydrogen) atoms. The smallest absolute Gasteiger partial charge is 0.356 e. The van der Waals surface area contributed by atoms with E-state index in [4.69, 9.17) is 4.74 Å². The molecule has 2 heterocycles. The van der Waals surface area contributed by atoms with Gasteiger partial charge in [0.25, 0.3) is 5.91 Å². The fraction of sp³-hybridized carbons (Fsp3) is 0.320. The molecule has 1 saturated heterocycles. The Morgan fingerprint density at radius 3 is 2.45 bits per heavy atom. The number of aromatic nitrogens is 2. The molecule has 0 aliphatic carbocycles. The average molecular weight is 546 g/mol. The Balaban J connectivity index is 1.77. The van der Waals surface area contributed by atoms with Crippen molar-refractivity contribution in [3.63, 3.8) is 0 Å². The van der Waals surface area contributed by atoms with E-state index in [0.29, 0.717) is 13.1 Å². The second-order valence-electron chi connectivity index (χ2n) is 8.80. The van der Waals surface area contributed by atoms with Crippen LogP contribution in [-0.2, 0) is 16.6 Å². The number of halogens is 1. The van der Waals surface area contributed by atoms with E-state index in [2.05, 4.69) is 10.4 Å². The number of aromatic carboxylic acids is 1. The van der Waals surface area contributed by atoms with Crippen molar-refractivity contribution < 1.29 is 32.2 Å². The maximum Gasteiger partial charge on any atom is 0.356 e. The first kappa shape index (κ1) is 27.2. The van der Waals surface area contributed by atoms with E-state index in [0.717, 1.165) is 6.07 Å². The number of carbonyl (C=O) groups excluding carboxylic acids is 1. The summed E-state index contributed by atoms with van der Waals surface area (Å²) in [5.74, 6) is -2.68. The molecule has 1 aliphatic heterocycles. The third-order valence-electron chi connectivity index (χ3n) is 6.24. The highest BCUT2D eigenvalue weighted by molar-refractivity contribution is 7.89. The number of benzene rings is 2. The molecule has 1 aromatic heterocycles. The minimum atomic E-state index is -4.10. The summed E-state index contributed by atoms with van der Waals surface area (Å²) >= 11 is 0. The predicted octanol–water partition coefficient (Wildman–Crippen LogP) is 3.03. The zero-order valence-corrected chi connectivity index (χ0v) is 22.0. The van der Waals surface area contributed by atoms with E-state index in [-0.39, 0.29) is 58.7 Å². The summed E-state index contributed by atoms with van der Waals surface area (Å²) in [6.07, 6.45) is 0. The van der Waals surface area contributed by atoms with Crippen molar-refractivity contribution in [3.8, 4) is 11.6 Å². The molecule has 0 saturated carbocycles. The van der Waals surface area contributed by atoms with E-state index in [9.17, 15) is 27.5 Å². The van der Waals surface area contributed by atoms with E-state index in [1.165, 1.54) is 52.3 Å². The van der Waals surface area contributed by atoms with Crippen LogP contribution in [0.1, 0.15) is 33.3 Å². The van der Waals surface area contributed by atoms with Crippen molar-refractivity contribution in [2.24, 2.45) is 0 Å². The number of carboxylic acids is 1. The number of carboxylic acid groups (broad SMARTS) is 1. The quantitative estimate of drug-likeness (QED) is 0.441. The Labute approximate surface area is 219 Å². The van der Waals surface area contributed by atoms with Crippen molar-refractivity contribution in [2.75, 3.05) is 38.5 Å². The van der Waals surface area contributed by atoms with Gasteiger partial charge in [0.2, 0.25) is 15.9 Å². The van der Waals surface area contributed by atoms with Crippen LogP contribution in [0.15, 0.2) is 47.4 Å². The number of hydrogen-bond donors (Lipinski definition) is 2. The van der Waals surface area contributed by atoms with Gasteiger partial charge < -0.3 is 20.1 Å². The standard InChI is InChI=1S/C25H28FN5O6S/c1-4-31-24(16(2)22(28-31)25(33)34)37-20-10-9-17(27-23(32)18-7-5-6-8-19(18)26)15-21(20)38(35,36)30-13-11-29(3)12-14-30/h5-10,15H,4,11-14H2,1-3H3,(H,27,32)(H,33,34). The van der Waals surface area contributed by atoms with Crippen molar-refractivity contribution in [2.45, 2.75) is 25.3 Å². The zero-order chi connectivity index (χ0) is 27.6. The van der Waals surface area contributed by atoms with Crippen LogP contribution in [0.2, 0.25) is 0 Å². The van der Waals surface area contributed by atoms with E-state index in [1.807, 2.05) is 11.9 Å². The van der Waals surface area contributed by atoms with Gasteiger partial charge in [-0.15, -0.1) is 0 Å². The molecule has 0 bridgehead atoms. The van der Waals surface area contributed by atoms with Gasteiger partial charge in [0.1, 0.15) is 16.5 Å². The van der Waals surface area contributed by atoms with Crippen molar-refractivity contribution in [1.82, 2.24) is 19.0 Å². The molecule has 2 aromatic carbocycles. The number of ether oxygens (including phenoxy) is 1. The lowest BCUT2D eigenvalue weighted by Crippen LogP contribution is -2.47. The van der Waals surface area contributed by atoms with Gasteiger partial charge in [0, 0.05) is 44.0 Å². The summed E-state index contributed by atoms with van der Waals surface area (Å²) in [5.41, 5.74) is -0.0523. The monoisotopic (exact) mass is 545 g/mol. The van der Waals surface area contributed by atoms with Gasteiger partial charge in [-0.25, -0.2) is 22.3 Å². The normalized spacial score (nSPS) is 14.8. The first-order valence-electron chi connectivity index (χ1n) is 11.9. The maximum atomic E-state index is 14.1. The zero-order valence-electron chi connectivity index (χ0n) is 21.1. The van der Waals surface area contributed by atoms with E-state index >= 15 is 0 Å². The number of nitrogens with one attached hydrogen (secondary N) is 1. The molecule has 1 fully saturated rings. The number of piperazine rings is 1. The van der Waals surface area contributed by atoms with Gasteiger partial charge in [-0.2, -0.15) is 9.40 Å². The van der Waals surface area contributed by atoms with Crippen LogP contribution in [0.4, 0.5) is 10.1 Å². The van der Waals surface area contributed by atoms with Crippen LogP contribution in [0.3, 0.4) is 0 Å². The molecule has 2 N–H and O–H groups in total. The lowest BCUT2D eigenvalue weighted by Gasteiger charge is -2.32. The molecule has 11 nitrogen and oxygen atoms in total. The Morgan fingerprint density at radius 1 is 1.13 bits per heavy atom. The van der Waals surface area contributed by atoms with E-state index < -0.39 is 27.7 Å². The number of anilines is 1. The van der Waals surface area contributed by atoms with Crippen LogP contribution in [-0.4, -0.2) is 77.6 Å². The molecule has 0 spiro atoms. The van der Waals surface area contributed by atoms with Crippen LogP contribution >= 0.6 is 0 Å². The van der Waals surface area contributed by atoms with Gasteiger partial charge in [-0.1, -0.05) is 12.1 Å². The first-order valence-corrected chi connectivity index (χ1v) is 13.3.